The molecule has 0 saturated carbocycles. The van der Waals surface area contributed by atoms with Gasteiger partial charge in [0, 0.05) is 18.0 Å². The second-order valence-electron chi connectivity index (χ2n) is 4.48. The second-order valence-corrected chi connectivity index (χ2v) is 5.59. The van der Waals surface area contributed by atoms with E-state index in [-0.39, 0.29) is 6.03 Å². The van der Waals surface area contributed by atoms with Crippen LogP contribution in [-0.2, 0) is 13.0 Å². The molecule has 1 aromatic heterocycles. The molecular weight excluding hydrogens is 260 g/mol. The van der Waals surface area contributed by atoms with Crippen molar-refractivity contribution in [1.29, 1.82) is 5.26 Å². The van der Waals surface area contributed by atoms with Crippen molar-refractivity contribution in [2.75, 3.05) is 18.4 Å². The molecule has 1 aliphatic rings. The van der Waals surface area contributed by atoms with Gasteiger partial charge in [-0.2, -0.15) is 5.26 Å². The number of carbonyl (C=O) groups excluding carboxylic acids is 1. The number of nitriles is 1. The number of carbonyl (C=O) groups is 1. The third-order valence-corrected chi connectivity index (χ3v) is 4.23. The minimum absolute atomic E-state index is 0.225. The van der Waals surface area contributed by atoms with Crippen LogP contribution in [0.4, 0.5) is 9.80 Å². The normalized spacial score (nSPS) is 13.5. The quantitative estimate of drug-likeness (QED) is 0.739. The standard InChI is InChI=1S/C13H18N4OS/c1-2-3-5-16-13(18)17-12-10(7-14)9-4-6-15-8-11(9)19-12/h15H,2-6,8H2,1H3,(H2,16,17,18). The molecule has 102 valence electrons. The highest BCUT2D eigenvalue weighted by Gasteiger charge is 2.21. The molecule has 3 N–H and O–H groups in total. The van der Waals surface area contributed by atoms with Crippen molar-refractivity contribution in [2.45, 2.75) is 32.7 Å². The van der Waals surface area contributed by atoms with Gasteiger partial charge in [0.25, 0.3) is 0 Å². The van der Waals surface area contributed by atoms with E-state index in [1.165, 1.54) is 11.3 Å². The molecule has 1 aromatic rings. The van der Waals surface area contributed by atoms with Crippen LogP contribution in [0, 0.1) is 11.3 Å². The number of nitrogens with zero attached hydrogens (tertiary/aromatic N) is 1. The molecule has 2 rings (SSSR count). The van der Waals surface area contributed by atoms with E-state index in [2.05, 4.69) is 28.9 Å². The van der Waals surface area contributed by atoms with Crippen molar-refractivity contribution < 1.29 is 4.79 Å². The molecule has 0 saturated heterocycles. The van der Waals surface area contributed by atoms with Gasteiger partial charge in [-0.1, -0.05) is 13.3 Å². The summed E-state index contributed by atoms with van der Waals surface area (Å²) in [5.41, 5.74) is 1.72. The van der Waals surface area contributed by atoms with E-state index in [1.54, 1.807) is 0 Å². The Balaban J connectivity index is 2.06. The molecule has 0 aliphatic carbocycles. The Morgan fingerprint density at radius 1 is 1.58 bits per heavy atom. The summed E-state index contributed by atoms with van der Waals surface area (Å²) in [5.74, 6) is 0. The first kappa shape index (κ1) is 13.8. The Kier molecular flexibility index (Phi) is 4.77. The predicted octanol–water partition coefficient (Wildman–Crippen LogP) is 2.19. The van der Waals surface area contributed by atoms with E-state index < -0.39 is 0 Å². The van der Waals surface area contributed by atoms with Crippen molar-refractivity contribution in [3.05, 3.63) is 16.0 Å². The lowest BCUT2D eigenvalue weighted by atomic mass is 10.1. The third-order valence-electron chi connectivity index (χ3n) is 3.08. The fourth-order valence-electron chi connectivity index (χ4n) is 2.07. The summed E-state index contributed by atoms with van der Waals surface area (Å²) in [5, 5.41) is 18.8. The summed E-state index contributed by atoms with van der Waals surface area (Å²) in [6.45, 7) is 4.42. The largest absolute Gasteiger partial charge is 0.338 e. The van der Waals surface area contributed by atoms with Crippen LogP contribution >= 0.6 is 11.3 Å². The Morgan fingerprint density at radius 2 is 2.42 bits per heavy atom. The molecule has 0 atom stereocenters. The zero-order valence-corrected chi connectivity index (χ0v) is 11.8. The van der Waals surface area contributed by atoms with E-state index in [0.29, 0.717) is 17.1 Å². The second kappa shape index (κ2) is 6.55. The fraction of sp³-hybridized carbons (Fsp3) is 0.538. The van der Waals surface area contributed by atoms with Crippen molar-refractivity contribution in [3.63, 3.8) is 0 Å². The smallest absolute Gasteiger partial charge is 0.319 e. The van der Waals surface area contributed by atoms with E-state index in [4.69, 9.17) is 0 Å². The van der Waals surface area contributed by atoms with Gasteiger partial charge in [0.15, 0.2) is 0 Å². The molecule has 6 heteroatoms. The number of hydrogen-bond donors (Lipinski definition) is 3. The number of hydrogen-bond acceptors (Lipinski definition) is 4. The first-order valence-electron chi connectivity index (χ1n) is 6.56. The summed E-state index contributed by atoms with van der Waals surface area (Å²) in [6.07, 6.45) is 2.86. The fourth-order valence-corrected chi connectivity index (χ4v) is 3.23. The summed E-state index contributed by atoms with van der Waals surface area (Å²) in [7, 11) is 0. The molecule has 2 amide bonds. The first-order valence-corrected chi connectivity index (χ1v) is 7.38. The van der Waals surface area contributed by atoms with E-state index in [0.717, 1.165) is 42.8 Å². The van der Waals surface area contributed by atoms with Gasteiger partial charge in [0.2, 0.25) is 0 Å². The lowest BCUT2D eigenvalue weighted by Gasteiger charge is -2.11. The average Bonchev–Trinajstić information content (AvgIpc) is 2.76. The van der Waals surface area contributed by atoms with Crippen LogP contribution in [0.25, 0.3) is 0 Å². The molecule has 5 nitrogen and oxygen atoms in total. The van der Waals surface area contributed by atoms with E-state index in [1.807, 2.05) is 0 Å². The zero-order valence-electron chi connectivity index (χ0n) is 11.0. The Hall–Kier alpha value is -1.58. The summed E-state index contributed by atoms with van der Waals surface area (Å²) in [6, 6.07) is 1.99. The molecule has 1 aliphatic heterocycles. The van der Waals surface area contributed by atoms with Crippen molar-refractivity contribution in [3.8, 4) is 6.07 Å². The molecule has 0 radical (unpaired) electrons. The maximum Gasteiger partial charge on any atom is 0.319 e. The van der Waals surface area contributed by atoms with E-state index >= 15 is 0 Å². The van der Waals surface area contributed by atoms with Gasteiger partial charge in [-0.3, -0.25) is 5.32 Å². The summed E-state index contributed by atoms with van der Waals surface area (Å²) in [4.78, 5) is 12.9. The SMILES string of the molecule is CCCCNC(=O)Nc1sc2c(c1C#N)CCNC2. The van der Waals surface area contributed by atoms with Gasteiger partial charge >= 0.3 is 6.03 Å². The summed E-state index contributed by atoms with van der Waals surface area (Å²) < 4.78 is 0. The maximum absolute atomic E-state index is 11.7. The summed E-state index contributed by atoms with van der Waals surface area (Å²) >= 11 is 1.50. The Morgan fingerprint density at radius 3 is 3.16 bits per heavy atom. The molecule has 19 heavy (non-hydrogen) atoms. The number of fused-ring (bicyclic) bond motifs is 1. The van der Waals surface area contributed by atoms with Gasteiger partial charge in [-0.15, -0.1) is 11.3 Å². The van der Waals surface area contributed by atoms with Crippen molar-refractivity contribution >= 4 is 22.4 Å². The van der Waals surface area contributed by atoms with Crippen LogP contribution in [0.2, 0.25) is 0 Å². The molecule has 0 fully saturated rings. The number of amides is 2. The highest BCUT2D eigenvalue weighted by molar-refractivity contribution is 7.16. The Bertz CT molecular complexity index is 503. The predicted molar refractivity (Wildman–Crippen MR) is 76.4 cm³/mol. The molecular formula is C13H18N4OS. The molecule has 2 heterocycles. The number of unbranched alkanes of at least 4 members (excludes halogenated alkanes) is 1. The van der Waals surface area contributed by atoms with Gasteiger partial charge in [-0.25, -0.2) is 4.79 Å². The number of urea groups is 1. The highest BCUT2D eigenvalue weighted by Crippen LogP contribution is 2.34. The topological polar surface area (TPSA) is 77.0 Å². The number of rotatable bonds is 4. The average molecular weight is 278 g/mol. The zero-order chi connectivity index (χ0) is 13.7. The minimum atomic E-state index is -0.225. The molecule has 0 unspecified atom stereocenters. The van der Waals surface area contributed by atoms with Gasteiger partial charge in [0.05, 0.1) is 5.56 Å². The van der Waals surface area contributed by atoms with Crippen LogP contribution in [-0.4, -0.2) is 19.1 Å². The lowest BCUT2D eigenvalue weighted by Crippen LogP contribution is -2.29. The minimum Gasteiger partial charge on any atom is -0.338 e. The lowest BCUT2D eigenvalue weighted by molar-refractivity contribution is 0.252. The highest BCUT2D eigenvalue weighted by atomic mass is 32.1. The van der Waals surface area contributed by atoms with Gasteiger partial charge in [0.1, 0.15) is 11.1 Å². The van der Waals surface area contributed by atoms with Crippen molar-refractivity contribution in [2.24, 2.45) is 0 Å². The van der Waals surface area contributed by atoms with Crippen LogP contribution < -0.4 is 16.0 Å². The molecule has 0 spiro atoms. The first-order chi connectivity index (χ1) is 9.26. The van der Waals surface area contributed by atoms with Crippen LogP contribution in [0.1, 0.15) is 35.8 Å². The number of nitrogens with one attached hydrogen (secondary N) is 3. The number of thiophene rings is 1. The number of anilines is 1. The van der Waals surface area contributed by atoms with Gasteiger partial charge in [-0.05, 0) is 24.9 Å². The van der Waals surface area contributed by atoms with Gasteiger partial charge < -0.3 is 10.6 Å². The van der Waals surface area contributed by atoms with Crippen molar-refractivity contribution in [1.82, 2.24) is 10.6 Å². The van der Waals surface area contributed by atoms with E-state index in [9.17, 15) is 10.1 Å². The monoisotopic (exact) mass is 278 g/mol. The maximum atomic E-state index is 11.7. The Labute approximate surface area is 117 Å². The molecule has 0 aromatic carbocycles. The van der Waals surface area contributed by atoms with Crippen LogP contribution in [0.5, 0.6) is 0 Å². The van der Waals surface area contributed by atoms with Crippen LogP contribution in [0.3, 0.4) is 0 Å². The molecule has 0 bridgehead atoms. The third kappa shape index (κ3) is 3.25. The van der Waals surface area contributed by atoms with Crippen LogP contribution in [0.15, 0.2) is 0 Å².